The quantitative estimate of drug-likeness (QED) is 0.856. The number of alkyl halides is 3. The van der Waals surface area contributed by atoms with Crippen molar-refractivity contribution < 1.29 is 27.9 Å². The van der Waals surface area contributed by atoms with Gasteiger partial charge in [-0.2, -0.15) is 13.2 Å². The van der Waals surface area contributed by atoms with E-state index in [4.69, 9.17) is 0 Å². The molecular weight excluding hydrogens is 349 g/mol. The summed E-state index contributed by atoms with van der Waals surface area (Å²) in [5.41, 5.74) is -1.23. The average Bonchev–Trinajstić information content (AvgIpc) is 2.54. The number of nitrogens with one attached hydrogen (secondary N) is 1. The fourth-order valence-electron chi connectivity index (χ4n) is 2.25. The number of hydrogen-bond acceptors (Lipinski definition) is 3. The van der Waals surface area contributed by atoms with Gasteiger partial charge in [0.2, 0.25) is 0 Å². The van der Waals surface area contributed by atoms with Crippen molar-refractivity contribution in [3.05, 3.63) is 58.9 Å². The molecule has 1 heterocycles. The fraction of sp³-hybridized carbons (Fsp3) is 0.278. The zero-order valence-corrected chi connectivity index (χ0v) is 14.3. The molecule has 0 atom stereocenters. The Bertz CT molecular complexity index is 844. The van der Waals surface area contributed by atoms with Crippen molar-refractivity contribution in [1.29, 1.82) is 0 Å². The van der Waals surface area contributed by atoms with E-state index in [1.165, 1.54) is 19.1 Å². The lowest BCUT2D eigenvalue weighted by Crippen LogP contribution is -2.28. The van der Waals surface area contributed by atoms with Gasteiger partial charge in [-0.3, -0.25) is 9.59 Å². The minimum absolute atomic E-state index is 0.0212. The van der Waals surface area contributed by atoms with Gasteiger partial charge in [0.25, 0.3) is 5.91 Å². The van der Waals surface area contributed by atoms with Gasteiger partial charge >= 0.3 is 12.1 Å². The number of amides is 1. The van der Waals surface area contributed by atoms with Crippen molar-refractivity contribution >= 4 is 17.6 Å². The standard InChI is InChI=1S/C18H17F3N2O3/c1-10-13(8-9-14(22-10)18(19,20)21)15(24)23-12-6-4-11(5-7-12)17(2,3)16(25)26/h4-9H,1-3H3,(H,23,24)(H,25,26). The molecule has 2 rings (SSSR count). The number of carboxylic acids is 1. The van der Waals surface area contributed by atoms with Gasteiger partial charge in [-0.15, -0.1) is 0 Å². The minimum atomic E-state index is -4.58. The van der Waals surface area contributed by atoms with Crippen molar-refractivity contribution in [2.24, 2.45) is 0 Å². The topological polar surface area (TPSA) is 79.3 Å². The number of carboxylic acid groups (broad SMARTS) is 1. The van der Waals surface area contributed by atoms with Gasteiger partial charge in [-0.25, -0.2) is 4.98 Å². The second kappa shape index (κ2) is 6.78. The molecule has 0 aliphatic carbocycles. The molecule has 1 amide bonds. The summed E-state index contributed by atoms with van der Waals surface area (Å²) in [6.07, 6.45) is -4.58. The van der Waals surface area contributed by atoms with E-state index in [1.807, 2.05) is 0 Å². The maximum Gasteiger partial charge on any atom is 0.433 e. The maximum atomic E-state index is 12.6. The number of aryl methyl sites for hydroxylation is 1. The minimum Gasteiger partial charge on any atom is -0.481 e. The van der Waals surface area contributed by atoms with Crippen LogP contribution in [0.25, 0.3) is 0 Å². The Hall–Kier alpha value is -2.90. The molecule has 0 radical (unpaired) electrons. The van der Waals surface area contributed by atoms with E-state index in [0.29, 0.717) is 11.3 Å². The highest BCUT2D eigenvalue weighted by molar-refractivity contribution is 6.05. The SMILES string of the molecule is Cc1nc(C(F)(F)F)ccc1C(=O)Nc1ccc(C(C)(C)C(=O)O)cc1. The number of nitrogens with zero attached hydrogens (tertiary/aromatic N) is 1. The first-order valence-electron chi connectivity index (χ1n) is 7.63. The van der Waals surface area contributed by atoms with E-state index in [1.54, 1.807) is 26.0 Å². The number of aromatic nitrogens is 1. The maximum absolute atomic E-state index is 12.6. The van der Waals surface area contributed by atoms with Crippen LogP contribution in [0.4, 0.5) is 18.9 Å². The van der Waals surface area contributed by atoms with Crippen LogP contribution < -0.4 is 5.32 Å². The van der Waals surface area contributed by atoms with Crippen LogP contribution in [-0.2, 0) is 16.4 Å². The van der Waals surface area contributed by atoms with Crippen molar-refractivity contribution in [2.45, 2.75) is 32.4 Å². The zero-order chi connectivity index (χ0) is 19.7. The first-order valence-corrected chi connectivity index (χ1v) is 7.63. The molecule has 0 saturated carbocycles. The summed E-state index contributed by atoms with van der Waals surface area (Å²) >= 11 is 0. The third kappa shape index (κ3) is 4.01. The molecule has 1 aromatic heterocycles. The molecule has 0 unspecified atom stereocenters. The third-order valence-electron chi connectivity index (χ3n) is 4.02. The number of pyridine rings is 1. The monoisotopic (exact) mass is 366 g/mol. The first kappa shape index (κ1) is 19.4. The highest BCUT2D eigenvalue weighted by Crippen LogP contribution is 2.28. The number of halogens is 3. The summed E-state index contributed by atoms with van der Waals surface area (Å²) in [4.78, 5) is 26.9. The van der Waals surface area contributed by atoms with E-state index in [-0.39, 0.29) is 11.3 Å². The number of aliphatic carboxylic acids is 1. The molecule has 138 valence electrons. The second-order valence-corrected chi connectivity index (χ2v) is 6.29. The van der Waals surface area contributed by atoms with Gasteiger partial charge in [-0.1, -0.05) is 12.1 Å². The molecule has 0 aliphatic heterocycles. The number of anilines is 1. The molecule has 26 heavy (non-hydrogen) atoms. The Morgan fingerprint density at radius 3 is 2.08 bits per heavy atom. The molecule has 8 heteroatoms. The summed E-state index contributed by atoms with van der Waals surface area (Å²) in [7, 11) is 0. The van der Waals surface area contributed by atoms with Gasteiger partial charge in [0.15, 0.2) is 0 Å². The van der Waals surface area contributed by atoms with E-state index in [2.05, 4.69) is 10.3 Å². The van der Waals surface area contributed by atoms with Crippen LogP contribution in [0.15, 0.2) is 36.4 Å². The largest absolute Gasteiger partial charge is 0.481 e. The molecule has 0 spiro atoms. The van der Waals surface area contributed by atoms with Crippen molar-refractivity contribution in [2.75, 3.05) is 5.32 Å². The first-order chi connectivity index (χ1) is 11.9. The summed E-state index contributed by atoms with van der Waals surface area (Å²) in [5.74, 6) is -1.59. The van der Waals surface area contributed by atoms with Crippen LogP contribution in [0.3, 0.4) is 0 Å². The highest BCUT2D eigenvalue weighted by Gasteiger charge is 2.33. The molecule has 2 N–H and O–H groups in total. The molecule has 1 aromatic carbocycles. The molecule has 0 fully saturated rings. The van der Waals surface area contributed by atoms with E-state index in [9.17, 15) is 27.9 Å². The van der Waals surface area contributed by atoms with Crippen LogP contribution in [0.5, 0.6) is 0 Å². The Labute approximate surface area is 147 Å². The normalized spacial score (nSPS) is 11.9. The van der Waals surface area contributed by atoms with Gasteiger partial charge < -0.3 is 10.4 Å². The summed E-state index contributed by atoms with van der Waals surface area (Å²) in [5, 5.41) is 11.8. The number of carbonyl (C=O) groups excluding carboxylic acids is 1. The third-order valence-corrected chi connectivity index (χ3v) is 4.02. The molecule has 0 bridgehead atoms. The summed E-state index contributed by atoms with van der Waals surface area (Å²) in [6, 6.07) is 8.03. The van der Waals surface area contributed by atoms with Crippen molar-refractivity contribution in [3.63, 3.8) is 0 Å². The Balaban J connectivity index is 2.19. The molecule has 0 aliphatic rings. The van der Waals surface area contributed by atoms with Gasteiger partial charge in [0.05, 0.1) is 16.7 Å². The average molecular weight is 366 g/mol. The lowest BCUT2D eigenvalue weighted by Gasteiger charge is -2.20. The van der Waals surface area contributed by atoms with E-state index >= 15 is 0 Å². The molecule has 0 saturated heterocycles. The number of benzene rings is 1. The van der Waals surface area contributed by atoms with Gasteiger partial charge in [0, 0.05) is 5.69 Å². The van der Waals surface area contributed by atoms with Gasteiger partial charge in [0.1, 0.15) is 5.69 Å². The molecular formula is C18H17F3N2O3. The second-order valence-electron chi connectivity index (χ2n) is 6.29. The van der Waals surface area contributed by atoms with Crippen molar-refractivity contribution in [1.82, 2.24) is 4.98 Å². The number of hydrogen-bond donors (Lipinski definition) is 2. The fourth-order valence-corrected chi connectivity index (χ4v) is 2.25. The molecule has 2 aromatic rings. The highest BCUT2D eigenvalue weighted by atomic mass is 19.4. The Kier molecular flexibility index (Phi) is 5.06. The zero-order valence-electron chi connectivity index (χ0n) is 14.3. The van der Waals surface area contributed by atoms with Crippen molar-refractivity contribution in [3.8, 4) is 0 Å². The van der Waals surface area contributed by atoms with Crippen LogP contribution >= 0.6 is 0 Å². The predicted octanol–water partition coefficient (Wildman–Crippen LogP) is 4.02. The molecule has 5 nitrogen and oxygen atoms in total. The van der Waals surface area contributed by atoms with Crippen LogP contribution in [0, 0.1) is 6.92 Å². The lowest BCUT2D eigenvalue weighted by atomic mass is 9.85. The summed E-state index contributed by atoms with van der Waals surface area (Å²) in [6.45, 7) is 4.43. The van der Waals surface area contributed by atoms with Crippen LogP contribution in [0.1, 0.15) is 41.2 Å². The van der Waals surface area contributed by atoms with Gasteiger partial charge in [-0.05, 0) is 50.6 Å². The van der Waals surface area contributed by atoms with Crippen LogP contribution in [0.2, 0.25) is 0 Å². The smallest absolute Gasteiger partial charge is 0.433 e. The Morgan fingerprint density at radius 1 is 1.04 bits per heavy atom. The predicted molar refractivity (Wildman–Crippen MR) is 89.0 cm³/mol. The van der Waals surface area contributed by atoms with E-state index < -0.39 is 29.2 Å². The van der Waals surface area contributed by atoms with Crippen LogP contribution in [-0.4, -0.2) is 22.0 Å². The lowest BCUT2D eigenvalue weighted by molar-refractivity contribution is -0.142. The number of rotatable bonds is 4. The summed E-state index contributed by atoms with van der Waals surface area (Å²) < 4.78 is 37.9. The number of carbonyl (C=O) groups is 2. The Morgan fingerprint density at radius 2 is 1.62 bits per heavy atom. The van der Waals surface area contributed by atoms with E-state index in [0.717, 1.165) is 12.1 Å².